The first-order chi connectivity index (χ1) is 14.7. The molecule has 31 heavy (non-hydrogen) atoms. The normalized spacial score (nSPS) is 21.6. The monoisotopic (exact) mass is 419 g/mol. The molecule has 166 valence electrons. The van der Waals surface area contributed by atoms with Gasteiger partial charge in [0.1, 0.15) is 5.60 Å². The molecule has 0 heterocycles. The summed E-state index contributed by atoms with van der Waals surface area (Å²) in [5.74, 6) is 0.253. The van der Waals surface area contributed by atoms with Gasteiger partial charge in [0.25, 0.3) is 0 Å². The van der Waals surface area contributed by atoms with Gasteiger partial charge in [-0.2, -0.15) is 0 Å². The first kappa shape index (κ1) is 23.3. The molecular formula is C28H37NO2. The standard InChI is InChI=1S/C28H37NO2/c1-21(2)24-16-17-25(27(30)31-28(3,4)5)26(18-24)29(19-22-12-8-6-9-13-22)20-23-14-10-7-11-15-23/h6-15,24-26H,1,16-20H2,2-5H3/t24-,25+,26+/m0/s1. The fourth-order valence-corrected chi connectivity index (χ4v) is 4.58. The van der Waals surface area contributed by atoms with Crippen molar-refractivity contribution in [3.8, 4) is 0 Å². The maximum absolute atomic E-state index is 13.2. The predicted molar refractivity (Wildman–Crippen MR) is 127 cm³/mol. The van der Waals surface area contributed by atoms with Gasteiger partial charge in [0.15, 0.2) is 0 Å². The lowest BCUT2D eigenvalue weighted by Gasteiger charge is -2.43. The van der Waals surface area contributed by atoms with Crippen LogP contribution in [0.3, 0.4) is 0 Å². The Morgan fingerprint density at radius 3 is 1.94 bits per heavy atom. The number of allylic oxidation sites excluding steroid dienone is 1. The highest BCUT2D eigenvalue weighted by atomic mass is 16.6. The Labute approximate surface area is 188 Å². The summed E-state index contributed by atoms with van der Waals surface area (Å²) in [7, 11) is 0. The molecular weight excluding hydrogens is 382 g/mol. The van der Waals surface area contributed by atoms with Gasteiger partial charge < -0.3 is 4.74 Å². The van der Waals surface area contributed by atoms with E-state index < -0.39 is 5.60 Å². The van der Waals surface area contributed by atoms with E-state index in [1.807, 2.05) is 32.9 Å². The number of ether oxygens (including phenoxy) is 1. The van der Waals surface area contributed by atoms with Crippen LogP contribution in [-0.2, 0) is 22.6 Å². The Hall–Kier alpha value is -2.39. The lowest BCUT2D eigenvalue weighted by Crippen LogP contribution is -2.48. The number of hydrogen-bond donors (Lipinski definition) is 0. The average molecular weight is 420 g/mol. The zero-order valence-electron chi connectivity index (χ0n) is 19.5. The number of carbonyl (C=O) groups excluding carboxylic acids is 1. The molecule has 0 aliphatic heterocycles. The van der Waals surface area contributed by atoms with E-state index in [1.165, 1.54) is 16.7 Å². The highest BCUT2D eigenvalue weighted by Crippen LogP contribution is 2.38. The van der Waals surface area contributed by atoms with Gasteiger partial charge in [-0.15, -0.1) is 0 Å². The van der Waals surface area contributed by atoms with Crippen molar-refractivity contribution in [1.29, 1.82) is 0 Å². The number of esters is 1. The number of benzene rings is 2. The van der Waals surface area contributed by atoms with Crippen LogP contribution in [-0.4, -0.2) is 22.5 Å². The van der Waals surface area contributed by atoms with Gasteiger partial charge in [0, 0.05) is 19.1 Å². The topological polar surface area (TPSA) is 29.5 Å². The molecule has 3 nitrogen and oxygen atoms in total. The highest BCUT2D eigenvalue weighted by molar-refractivity contribution is 5.74. The second-order valence-corrected chi connectivity index (χ2v) is 9.94. The van der Waals surface area contributed by atoms with E-state index in [0.717, 1.165) is 32.4 Å². The summed E-state index contributed by atoms with van der Waals surface area (Å²) in [5.41, 5.74) is 3.26. The number of hydrogen-bond acceptors (Lipinski definition) is 3. The van der Waals surface area contributed by atoms with Crippen LogP contribution >= 0.6 is 0 Å². The summed E-state index contributed by atoms with van der Waals surface area (Å²) < 4.78 is 5.87. The van der Waals surface area contributed by atoms with Gasteiger partial charge in [-0.25, -0.2) is 0 Å². The molecule has 0 N–H and O–H groups in total. The van der Waals surface area contributed by atoms with E-state index in [1.54, 1.807) is 0 Å². The maximum Gasteiger partial charge on any atom is 0.311 e. The summed E-state index contributed by atoms with van der Waals surface area (Å²) >= 11 is 0. The second kappa shape index (κ2) is 10.3. The minimum Gasteiger partial charge on any atom is -0.460 e. The Bertz CT molecular complexity index is 812. The van der Waals surface area contributed by atoms with Crippen molar-refractivity contribution in [3.63, 3.8) is 0 Å². The minimum atomic E-state index is -0.476. The molecule has 1 aliphatic rings. The minimum absolute atomic E-state index is 0.0659. The van der Waals surface area contributed by atoms with Crippen molar-refractivity contribution >= 4 is 5.97 Å². The van der Waals surface area contributed by atoms with Gasteiger partial charge >= 0.3 is 5.97 Å². The molecule has 0 bridgehead atoms. The third-order valence-corrected chi connectivity index (χ3v) is 6.15. The molecule has 2 aromatic carbocycles. The number of nitrogens with zero attached hydrogens (tertiary/aromatic N) is 1. The summed E-state index contributed by atoms with van der Waals surface area (Å²) in [6.07, 6.45) is 2.79. The fourth-order valence-electron chi connectivity index (χ4n) is 4.58. The van der Waals surface area contributed by atoms with Crippen molar-refractivity contribution in [2.24, 2.45) is 11.8 Å². The third kappa shape index (κ3) is 6.80. The van der Waals surface area contributed by atoms with Gasteiger partial charge in [0.2, 0.25) is 0 Å². The molecule has 0 spiro atoms. The predicted octanol–water partition coefficient (Wildman–Crippen LogP) is 6.39. The van der Waals surface area contributed by atoms with Crippen LogP contribution in [0.15, 0.2) is 72.8 Å². The molecule has 0 amide bonds. The molecule has 3 atom stereocenters. The van der Waals surface area contributed by atoms with Crippen molar-refractivity contribution in [3.05, 3.63) is 83.9 Å². The van der Waals surface area contributed by atoms with Crippen molar-refractivity contribution in [2.45, 2.75) is 71.7 Å². The Kier molecular flexibility index (Phi) is 7.72. The Morgan fingerprint density at radius 1 is 0.968 bits per heavy atom. The number of carbonyl (C=O) groups is 1. The van der Waals surface area contributed by atoms with E-state index in [4.69, 9.17) is 4.74 Å². The average Bonchev–Trinajstić information content (AvgIpc) is 2.73. The summed E-state index contributed by atoms with van der Waals surface area (Å²) in [5, 5.41) is 0. The van der Waals surface area contributed by atoms with Crippen LogP contribution in [0.25, 0.3) is 0 Å². The number of rotatable bonds is 7. The maximum atomic E-state index is 13.2. The van der Waals surface area contributed by atoms with Crippen molar-refractivity contribution in [1.82, 2.24) is 4.90 Å². The van der Waals surface area contributed by atoms with Gasteiger partial charge in [-0.3, -0.25) is 9.69 Å². The van der Waals surface area contributed by atoms with Gasteiger partial charge in [0.05, 0.1) is 5.92 Å². The Morgan fingerprint density at radius 2 is 1.48 bits per heavy atom. The molecule has 1 aliphatic carbocycles. The van der Waals surface area contributed by atoms with Crippen LogP contribution in [0.4, 0.5) is 0 Å². The summed E-state index contributed by atoms with van der Waals surface area (Å²) in [4.78, 5) is 15.7. The third-order valence-electron chi connectivity index (χ3n) is 6.15. The lowest BCUT2D eigenvalue weighted by molar-refractivity contribution is -0.164. The molecule has 0 aromatic heterocycles. The highest BCUT2D eigenvalue weighted by Gasteiger charge is 2.40. The zero-order chi connectivity index (χ0) is 22.4. The van der Waals surface area contributed by atoms with Crippen molar-refractivity contribution in [2.75, 3.05) is 0 Å². The van der Waals surface area contributed by atoms with Gasteiger partial charge in [-0.1, -0.05) is 72.8 Å². The Balaban J connectivity index is 1.92. The lowest BCUT2D eigenvalue weighted by atomic mass is 9.75. The SMILES string of the molecule is C=C(C)[C@H]1CC[C@@H](C(=O)OC(C)(C)C)[C@H](N(Cc2ccccc2)Cc2ccccc2)C1. The van der Waals surface area contributed by atoms with Gasteiger partial charge in [-0.05, 0) is 64.0 Å². The molecule has 0 radical (unpaired) electrons. The largest absolute Gasteiger partial charge is 0.460 e. The fraction of sp³-hybridized carbons (Fsp3) is 0.464. The van der Waals surface area contributed by atoms with E-state index in [9.17, 15) is 4.79 Å². The quantitative estimate of drug-likeness (QED) is 0.385. The molecule has 0 saturated heterocycles. The van der Waals surface area contributed by atoms with Crippen molar-refractivity contribution < 1.29 is 9.53 Å². The van der Waals surface area contributed by atoms with Crippen LogP contribution < -0.4 is 0 Å². The first-order valence-corrected chi connectivity index (χ1v) is 11.4. The first-order valence-electron chi connectivity index (χ1n) is 11.4. The molecule has 1 fully saturated rings. The zero-order valence-corrected chi connectivity index (χ0v) is 19.5. The van der Waals surface area contributed by atoms with Crippen LogP contribution in [0.5, 0.6) is 0 Å². The molecule has 3 rings (SSSR count). The smallest absolute Gasteiger partial charge is 0.311 e. The molecule has 3 heteroatoms. The molecule has 1 saturated carbocycles. The van der Waals surface area contributed by atoms with E-state index in [2.05, 4.69) is 66.9 Å². The summed E-state index contributed by atoms with van der Waals surface area (Å²) in [6, 6.07) is 21.2. The van der Waals surface area contributed by atoms with Crippen LogP contribution in [0.1, 0.15) is 58.1 Å². The molecule has 2 aromatic rings. The van der Waals surface area contributed by atoms with E-state index >= 15 is 0 Å². The van der Waals surface area contributed by atoms with E-state index in [0.29, 0.717) is 5.92 Å². The summed E-state index contributed by atoms with van der Waals surface area (Å²) in [6.45, 7) is 13.8. The van der Waals surface area contributed by atoms with Crippen LogP contribution in [0, 0.1) is 11.8 Å². The molecule has 0 unspecified atom stereocenters. The second-order valence-electron chi connectivity index (χ2n) is 9.94. The van der Waals surface area contributed by atoms with E-state index in [-0.39, 0.29) is 17.9 Å². The van der Waals surface area contributed by atoms with Crippen LogP contribution in [0.2, 0.25) is 0 Å².